The molecule has 4 heteroatoms. The van der Waals surface area contributed by atoms with E-state index in [0.29, 0.717) is 6.54 Å². The molecule has 0 saturated carbocycles. The van der Waals surface area contributed by atoms with Crippen LogP contribution in [0.5, 0.6) is 0 Å². The molecule has 1 unspecified atom stereocenters. The first-order valence-corrected chi connectivity index (χ1v) is 8.49. The maximum Gasteiger partial charge on any atom is 0.108 e. The topological polar surface area (TPSA) is 45.1 Å². The van der Waals surface area contributed by atoms with Crippen LogP contribution in [0.4, 0.5) is 0 Å². The van der Waals surface area contributed by atoms with E-state index in [1.807, 2.05) is 36.7 Å². The summed E-state index contributed by atoms with van der Waals surface area (Å²) >= 11 is 1.58. The fourth-order valence-corrected chi connectivity index (χ4v) is 3.30. The molecule has 0 aliphatic rings. The van der Waals surface area contributed by atoms with E-state index in [9.17, 15) is 5.11 Å². The lowest BCUT2D eigenvalue weighted by Crippen LogP contribution is -2.34. The van der Waals surface area contributed by atoms with Gasteiger partial charge in [-0.1, -0.05) is 30.3 Å². The average molecular weight is 324 g/mol. The molecule has 0 radical (unpaired) electrons. The van der Waals surface area contributed by atoms with Crippen LogP contribution in [0.15, 0.2) is 66.3 Å². The first kappa shape index (κ1) is 15.9. The van der Waals surface area contributed by atoms with Crippen molar-refractivity contribution in [2.45, 2.75) is 19.1 Å². The van der Waals surface area contributed by atoms with Crippen molar-refractivity contribution in [3.8, 4) is 11.1 Å². The lowest BCUT2D eigenvalue weighted by atomic mass is 10.0. The first-order valence-electron chi connectivity index (χ1n) is 7.61. The fraction of sp³-hybridized carbons (Fsp3) is 0.211. The Hall–Kier alpha value is -2.01. The molecule has 1 aromatic carbocycles. The smallest absolute Gasteiger partial charge is 0.108 e. The SMILES string of the molecule is CC(O)(CNCc1cccc(-c2cccnc2)c1)c1cccs1. The molecule has 3 aromatic rings. The van der Waals surface area contributed by atoms with Crippen molar-refractivity contribution in [2.75, 3.05) is 6.54 Å². The van der Waals surface area contributed by atoms with Gasteiger partial charge in [-0.25, -0.2) is 0 Å². The predicted octanol–water partition coefficient (Wildman–Crippen LogP) is 3.81. The number of nitrogens with one attached hydrogen (secondary N) is 1. The molecule has 0 bridgehead atoms. The summed E-state index contributed by atoms with van der Waals surface area (Å²) < 4.78 is 0. The van der Waals surface area contributed by atoms with E-state index in [-0.39, 0.29) is 0 Å². The standard InChI is InChI=1S/C19H20N2OS/c1-19(22,18-8-4-10-23-18)14-21-12-15-5-2-6-16(11-15)17-7-3-9-20-13-17/h2-11,13,21-22H,12,14H2,1H3. The highest BCUT2D eigenvalue weighted by molar-refractivity contribution is 7.10. The van der Waals surface area contributed by atoms with Crippen LogP contribution in [0.3, 0.4) is 0 Å². The lowest BCUT2D eigenvalue weighted by molar-refractivity contribution is 0.0604. The van der Waals surface area contributed by atoms with Crippen molar-refractivity contribution in [2.24, 2.45) is 0 Å². The third-order valence-corrected chi connectivity index (χ3v) is 4.90. The maximum absolute atomic E-state index is 10.5. The normalized spacial score (nSPS) is 13.7. The number of nitrogens with zero attached hydrogens (tertiary/aromatic N) is 1. The number of aromatic nitrogens is 1. The summed E-state index contributed by atoms with van der Waals surface area (Å²) in [5, 5.41) is 15.9. The molecule has 2 N–H and O–H groups in total. The predicted molar refractivity (Wildman–Crippen MR) is 95.3 cm³/mol. The Labute approximate surface area is 140 Å². The van der Waals surface area contributed by atoms with Gasteiger partial charge in [-0.05, 0) is 47.2 Å². The van der Waals surface area contributed by atoms with Crippen LogP contribution in [0.2, 0.25) is 0 Å². The molecule has 118 valence electrons. The number of pyridine rings is 1. The highest BCUT2D eigenvalue weighted by atomic mass is 32.1. The third kappa shape index (κ3) is 4.05. The van der Waals surface area contributed by atoms with Crippen molar-refractivity contribution in [3.63, 3.8) is 0 Å². The molecule has 2 aromatic heterocycles. The zero-order chi connectivity index (χ0) is 16.1. The number of benzene rings is 1. The van der Waals surface area contributed by atoms with Crippen LogP contribution in [-0.4, -0.2) is 16.6 Å². The average Bonchev–Trinajstić information content (AvgIpc) is 3.11. The number of hydrogen-bond donors (Lipinski definition) is 2. The second-order valence-electron chi connectivity index (χ2n) is 5.80. The Morgan fingerprint density at radius 3 is 2.74 bits per heavy atom. The number of rotatable bonds is 6. The van der Waals surface area contributed by atoms with E-state index < -0.39 is 5.60 Å². The summed E-state index contributed by atoms with van der Waals surface area (Å²) in [6, 6.07) is 16.3. The van der Waals surface area contributed by atoms with Gasteiger partial charge in [0.15, 0.2) is 0 Å². The minimum Gasteiger partial charge on any atom is -0.383 e. The lowest BCUT2D eigenvalue weighted by Gasteiger charge is -2.22. The van der Waals surface area contributed by atoms with Gasteiger partial charge in [-0.15, -0.1) is 11.3 Å². The molecule has 3 nitrogen and oxygen atoms in total. The van der Waals surface area contributed by atoms with Crippen molar-refractivity contribution >= 4 is 11.3 Å². The van der Waals surface area contributed by atoms with Gasteiger partial charge in [0.05, 0.1) is 0 Å². The Morgan fingerprint density at radius 2 is 2.00 bits per heavy atom. The highest BCUT2D eigenvalue weighted by Crippen LogP contribution is 2.24. The second kappa shape index (κ2) is 7.04. The van der Waals surface area contributed by atoms with Crippen LogP contribution in [0, 0.1) is 0 Å². The summed E-state index contributed by atoms with van der Waals surface area (Å²) in [5.74, 6) is 0. The molecule has 1 atom stereocenters. The molecular weight excluding hydrogens is 304 g/mol. The van der Waals surface area contributed by atoms with Gasteiger partial charge in [0.1, 0.15) is 5.60 Å². The fourth-order valence-electron chi connectivity index (χ4n) is 2.52. The molecular formula is C19H20N2OS. The van der Waals surface area contributed by atoms with Crippen LogP contribution in [0.1, 0.15) is 17.4 Å². The van der Waals surface area contributed by atoms with Crippen molar-refractivity contribution < 1.29 is 5.11 Å². The summed E-state index contributed by atoms with van der Waals surface area (Å²) in [5.41, 5.74) is 2.62. The number of hydrogen-bond acceptors (Lipinski definition) is 4. The largest absolute Gasteiger partial charge is 0.383 e. The minimum absolute atomic E-state index is 0.518. The van der Waals surface area contributed by atoms with Gasteiger partial charge in [0, 0.05) is 30.4 Å². The molecule has 0 aliphatic heterocycles. The Balaban J connectivity index is 1.63. The maximum atomic E-state index is 10.5. The third-order valence-electron chi connectivity index (χ3n) is 3.77. The van der Waals surface area contributed by atoms with Crippen LogP contribution in [-0.2, 0) is 12.1 Å². The van der Waals surface area contributed by atoms with Crippen LogP contribution < -0.4 is 5.32 Å². The second-order valence-corrected chi connectivity index (χ2v) is 6.74. The monoisotopic (exact) mass is 324 g/mol. The van der Waals surface area contributed by atoms with Gasteiger partial charge >= 0.3 is 0 Å². The molecule has 2 heterocycles. The molecule has 0 fully saturated rings. The highest BCUT2D eigenvalue weighted by Gasteiger charge is 2.23. The van der Waals surface area contributed by atoms with Crippen LogP contribution >= 0.6 is 11.3 Å². The molecule has 0 amide bonds. The minimum atomic E-state index is -0.838. The zero-order valence-electron chi connectivity index (χ0n) is 13.1. The van der Waals surface area contributed by atoms with E-state index in [0.717, 1.165) is 22.5 Å². The van der Waals surface area contributed by atoms with E-state index >= 15 is 0 Å². The van der Waals surface area contributed by atoms with Gasteiger partial charge in [0.2, 0.25) is 0 Å². The van der Waals surface area contributed by atoms with Crippen LogP contribution in [0.25, 0.3) is 11.1 Å². The van der Waals surface area contributed by atoms with Gasteiger partial charge < -0.3 is 10.4 Å². The van der Waals surface area contributed by atoms with E-state index in [4.69, 9.17) is 0 Å². The first-order chi connectivity index (χ1) is 11.1. The Bertz CT molecular complexity index is 739. The van der Waals surface area contributed by atoms with Crippen molar-refractivity contribution in [1.82, 2.24) is 10.3 Å². The van der Waals surface area contributed by atoms with Gasteiger partial charge in [-0.3, -0.25) is 4.98 Å². The summed E-state index contributed by atoms with van der Waals surface area (Å²) in [6.45, 7) is 3.08. The molecule has 0 aliphatic carbocycles. The Morgan fingerprint density at radius 1 is 1.13 bits per heavy atom. The van der Waals surface area contributed by atoms with Gasteiger partial charge in [0.25, 0.3) is 0 Å². The molecule has 0 saturated heterocycles. The van der Waals surface area contributed by atoms with E-state index in [2.05, 4.69) is 40.6 Å². The van der Waals surface area contributed by atoms with Crippen molar-refractivity contribution in [3.05, 3.63) is 76.7 Å². The molecule has 23 heavy (non-hydrogen) atoms. The van der Waals surface area contributed by atoms with Gasteiger partial charge in [-0.2, -0.15) is 0 Å². The summed E-state index contributed by atoms with van der Waals surface area (Å²) in [7, 11) is 0. The Kier molecular flexibility index (Phi) is 4.86. The van der Waals surface area contributed by atoms with Crippen molar-refractivity contribution in [1.29, 1.82) is 0 Å². The molecule has 3 rings (SSSR count). The number of thiophene rings is 1. The summed E-state index contributed by atoms with van der Waals surface area (Å²) in [6.07, 6.45) is 3.65. The zero-order valence-corrected chi connectivity index (χ0v) is 13.9. The quantitative estimate of drug-likeness (QED) is 0.725. The summed E-state index contributed by atoms with van der Waals surface area (Å²) in [4.78, 5) is 5.15. The van der Waals surface area contributed by atoms with E-state index in [1.54, 1.807) is 17.5 Å². The van der Waals surface area contributed by atoms with E-state index in [1.165, 1.54) is 5.56 Å². The number of aliphatic hydroxyl groups is 1. The molecule has 0 spiro atoms.